The van der Waals surface area contributed by atoms with Crippen LogP contribution in [0.5, 0.6) is 0 Å². The lowest BCUT2D eigenvalue weighted by molar-refractivity contribution is -0.384. The van der Waals surface area contributed by atoms with E-state index in [0.29, 0.717) is 18.9 Å². The average Bonchev–Trinajstić information content (AvgIpc) is 2.78. The molecule has 1 N–H and O–H groups in total. The zero-order chi connectivity index (χ0) is 22.7. The van der Waals surface area contributed by atoms with Crippen LogP contribution in [0, 0.1) is 22.0 Å². The molecule has 32 heavy (non-hydrogen) atoms. The number of hydrogen-bond acceptors (Lipinski definition) is 5. The Morgan fingerprint density at radius 3 is 2.69 bits per heavy atom. The molecule has 2 aromatic carbocycles. The number of fused-ring (bicyclic) bond motifs is 3. The van der Waals surface area contributed by atoms with Crippen LogP contribution in [0.2, 0.25) is 0 Å². The molecular formula is C25H32N4O3. The van der Waals surface area contributed by atoms with E-state index in [9.17, 15) is 14.9 Å². The fourth-order valence-electron chi connectivity index (χ4n) is 4.88. The van der Waals surface area contributed by atoms with Crippen molar-refractivity contribution in [3.8, 4) is 0 Å². The molecule has 0 aromatic heterocycles. The van der Waals surface area contributed by atoms with E-state index in [1.54, 1.807) is 12.1 Å². The molecule has 7 heteroatoms. The van der Waals surface area contributed by atoms with Crippen LogP contribution in [-0.2, 0) is 17.8 Å². The highest BCUT2D eigenvalue weighted by atomic mass is 16.6. The van der Waals surface area contributed by atoms with E-state index in [1.807, 2.05) is 12.1 Å². The van der Waals surface area contributed by atoms with E-state index in [2.05, 4.69) is 53.2 Å². The number of nitro groups is 1. The van der Waals surface area contributed by atoms with Crippen LogP contribution in [0.3, 0.4) is 0 Å². The molecule has 1 amide bonds. The van der Waals surface area contributed by atoms with Crippen molar-refractivity contribution in [1.82, 2.24) is 10.2 Å². The van der Waals surface area contributed by atoms with Gasteiger partial charge in [0, 0.05) is 50.5 Å². The predicted octanol–water partition coefficient (Wildman–Crippen LogP) is 3.62. The summed E-state index contributed by atoms with van der Waals surface area (Å²) in [5.74, 6) is 0.354. The molecule has 0 radical (unpaired) electrons. The van der Waals surface area contributed by atoms with Crippen molar-refractivity contribution in [2.24, 2.45) is 11.8 Å². The molecule has 0 bridgehead atoms. The Morgan fingerprint density at radius 2 is 1.97 bits per heavy atom. The molecule has 0 spiro atoms. The monoisotopic (exact) mass is 436 g/mol. The van der Waals surface area contributed by atoms with Gasteiger partial charge >= 0.3 is 0 Å². The topological polar surface area (TPSA) is 78.7 Å². The number of amides is 1. The first-order valence-electron chi connectivity index (χ1n) is 11.5. The largest absolute Gasteiger partial charge is 0.365 e. The molecule has 2 atom stereocenters. The summed E-state index contributed by atoms with van der Waals surface area (Å²) in [5.41, 5.74) is 3.29. The van der Waals surface area contributed by atoms with E-state index in [0.717, 1.165) is 43.9 Å². The number of carbonyl (C=O) groups excluding carboxylic acids is 1. The van der Waals surface area contributed by atoms with E-state index >= 15 is 0 Å². The molecule has 2 heterocycles. The van der Waals surface area contributed by atoms with Crippen molar-refractivity contribution < 1.29 is 9.72 Å². The molecule has 4 rings (SSSR count). The van der Waals surface area contributed by atoms with E-state index in [4.69, 9.17) is 0 Å². The van der Waals surface area contributed by atoms with Crippen LogP contribution in [0.1, 0.15) is 31.4 Å². The number of non-ortho nitro benzene ring substituents is 1. The molecule has 170 valence electrons. The van der Waals surface area contributed by atoms with Crippen molar-refractivity contribution in [1.29, 1.82) is 0 Å². The van der Waals surface area contributed by atoms with Gasteiger partial charge < -0.3 is 10.2 Å². The summed E-state index contributed by atoms with van der Waals surface area (Å²) in [6, 6.07) is 15.6. The van der Waals surface area contributed by atoms with Crippen molar-refractivity contribution in [3.63, 3.8) is 0 Å². The fourth-order valence-corrected chi connectivity index (χ4v) is 4.88. The Bertz CT molecular complexity index is 963. The number of nitrogens with zero attached hydrogens (tertiary/aromatic N) is 3. The number of nitro benzene ring substituents is 1. The number of carbonyl (C=O) groups is 1. The maximum Gasteiger partial charge on any atom is 0.269 e. The summed E-state index contributed by atoms with van der Waals surface area (Å²) in [7, 11) is 0. The Morgan fingerprint density at radius 1 is 1.19 bits per heavy atom. The van der Waals surface area contributed by atoms with Gasteiger partial charge in [0.25, 0.3) is 5.69 Å². The fraction of sp³-hybridized carbons (Fsp3) is 0.480. The van der Waals surface area contributed by atoms with Crippen molar-refractivity contribution in [3.05, 3.63) is 69.8 Å². The third-order valence-electron chi connectivity index (χ3n) is 6.60. The van der Waals surface area contributed by atoms with Gasteiger partial charge in [-0.1, -0.05) is 44.2 Å². The van der Waals surface area contributed by atoms with Gasteiger partial charge in [-0.2, -0.15) is 0 Å². The molecule has 2 aliphatic rings. The lowest BCUT2D eigenvalue weighted by Gasteiger charge is -2.49. The molecular weight excluding hydrogens is 404 g/mol. The summed E-state index contributed by atoms with van der Waals surface area (Å²) in [6.07, 6.45) is 1.47. The molecule has 7 nitrogen and oxygen atoms in total. The molecule has 1 saturated heterocycles. The minimum absolute atomic E-state index is 0.0550. The molecule has 1 fully saturated rings. The van der Waals surface area contributed by atoms with Crippen molar-refractivity contribution >= 4 is 17.3 Å². The quantitative estimate of drug-likeness (QED) is 0.530. The van der Waals surface area contributed by atoms with Crippen LogP contribution in [0.15, 0.2) is 48.5 Å². The lowest BCUT2D eigenvalue weighted by Crippen LogP contribution is -2.60. The van der Waals surface area contributed by atoms with Gasteiger partial charge in [-0.15, -0.1) is 0 Å². The van der Waals surface area contributed by atoms with Gasteiger partial charge in [-0.05, 0) is 36.0 Å². The second kappa shape index (κ2) is 9.69. The molecule has 0 aliphatic carbocycles. The number of benzene rings is 2. The van der Waals surface area contributed by atoms with Gasteiger partial charge in [-0.3, -0.25) is 19.8 Å². The van der Waals surface area contributed by atoms with Crippen LogP contribution in [0.25, 0.3) is 0 Å². The summed E-state index contributed by atoms with van der Waals surface area (Å²) in [6.45, 7) is 8.31. The SMILES string of the molecule is CC(C)CCNC(=O)C1Cc2cc([N+](=O)[O-])ccc2N2CCN(Cc3ccccc3)CC12. The highest BCUT2D eigenvalue weighted by Gasteiger charge is 2.41. The Hall–Kier alpha value is -2.93. The maximum absolute atomic E-state index is 13.2. The smallest absolute Gasteiger partial charge is 0.269 e. The van der Waals surface area contributed by atoms with Crippen molar-refractivity contribution in [2.45, 2.75) is 39.3 Å². The number of anilines is 1. The second-order valence-electron chi connectivity index (χ2n) is 9.34. The number of nitrogens with one attached hydrogen (secondary N) is 1. The van der Waals surface area contributed by atoms with Crippen LogP contribution in [-0.4, -0.2) is 48.0 Å². The Kier molecular flexibility index (Phi) is 6.74. The lowest BCUT2D eigenvalue weighted by atomic mass is 9.83. The first kappa shape index (κ1) is 22.3. The maximum atomic E-state index is 13.2. The molecule has 2 aromatic rings. The van der Waals surface area contributed by atoms with Crippen molar-refractivity contribution in [2.75, 3.05) is 31.1 Å². The summed E-state index contributed by atoms with van der Waals surface area (Å²) in [4.78, 5) is 28.9. The summed E-state index contributed by atoms with van der Waals surface area (Å²) >= 11 is 0. The highest BCUT2D eigenvalue weighted by molar-refractivity contribution is 5.82. The average molecular weight is 437 g/mol. The molecule has 0 saturated carbocycles. The third kappa shape index (κ3) is 4.93. The predicted molar refractivity (Wildman–Crippen MR) is 126 cm³/mol. The summed E-state index contributed by atoms with van der Waals surface area (Å²) in [5, 5.41) is 14.4. The summed E-state index contributed by atoms with van der Waals surface area (Å²) < 4.78 is 0. The van der Waals surface area contributed by atoms with Gasteiger partial charge in [-0.25, -0.2) is 0 Å². The molecule has 2 aliphatic heterocycles. The van der Waals surface area contributed by atoms with Gasteiger partial charge in [0.05, 0.1) is 16.9 Å². The Balaban J connectivity index is 1.57. The number of rotatable bonds is 7. The first-order valence-corrected chi connectivity index (χ1v) is 11.5. The standard InChI is InChI=1S/C25H32N4O3/c1-18(2)10-11-26-25(30)22-15-20-14-21(29(31)32)8-9-23(20)28-13-12-27(17-24(22)28)16-19-6-4-3-5-7-19/h3-9,14,18,22,24H,10-13,15-17H2,1-2H3,(H,26,30). The minimum Gasteiger partial charge on any atom is -0.365 e. The van der Waals surface area contributed by atoms with Crippen LogP contribution >= 0.6 is 0 Å². The molecule has 2 unspecified atom stereocenters. The van der Waals surface area contributed by atoms with E-state index in [1.165, 1.54) is 5.56 Å². The van der Waals surface area contributed by atoms with Crippen LogP contribution < -0.4 is 10.2 Å². The van der Waals surface area contributed by atoms with Gasteiger partial charge in [0.2, 0.25) is 5.91 Å². The normalized spacial score (nSPS) is 20.5. The first-order chi connectivity index (χ1) is 15.4. The highest BCUT2D eigenvalue weighted by Crippen LogP contribution is 2.38. The third-order valence-corrected chi connectivity index (χ3v) is 6.60. The van der Waals surface area contributed by atoms with E-state index < -0.39 is 0 Å². The number of hydrogen-bond donors (Lipinski definition) is 1. The Labute approximate surface area is 189 Å². The number of piperazine rings is 1. The van der Waals surface area contributed by atoms with Crippen LogP contribution in [0.4, 0.5) is 11.4 Å². The zero-order valence-electron chi connectivity index (χ0n) is 18.9. The van der Waals surface area contributed by atoms with E-state index in [-0.39, 0.29) is 28.5 Å². The zero-order valence-corrected chi connectivity index (χ0v) is 18.9. The second-order valence-corrected chi connectivity index (χ2v) is 9.34. The van der Waals surface area contributed by atoms with Gasteiger partial charge in [0.15, 0.2) is 0 Å². The minimum atomic E-state index is -0.359. The van der Waals surface area contributed by atoms with Gasteiger partial charge in [0.1, 0.15) is 0 Å².